The summed E-state index contributed by atoms with van der Waals surface area (Å²) in [5.41, 5.74) is 1.16. The first-order chi connectivity index (χ1) is 10.5. The van der Waals surface area contributed by atoms with E-state index in [9.17, 15) is 9.18 Å². The van der Waals surface area contributed by atoms with Gasteiger partial charge in [-0.25, -0.2) is 4.39 Å². The Morgan fingerprint density at radius 3 is 2.64 bits per heavy atom. The molecule has 0 unspecified atom stereocenters. The molecule has 2 aromatic rings. The fourth-order valence-corrected chi connectivity index (χ4v) is 1.82. The summed E-state index contributed by atoms with van der Waals surface area (Å²) >= 11 is 11.4. The van der Waals surface area contributed by atoms with E-state index < -0.39 is 11.7 Å². The van der Waals surface area contributed by atoms with E-state index in [0.717, 1.165) is 11.6 Å². The van der Waals surface area contributed by atoms with Gasteiger partial charge in [0.1, 0.15) is 5.82 Å². The molecule has 2 rings (SSSR count). The van der Waals surface area contributed by atoms with Crippen LogP contribution in [-0.2, 0) is 9.63 Å². The molecule has 0 bridgehead atoms. The van der Waals surface area contributed by atoms with Crippen LogP contribution in [0.4, 0.5) is 10.1 Å². The zero-order valence-corrected chi connectivity index (χ0v) is 12.7. The van der Waals surface area contributed by atoms with Crippen molar-refractivity contribution in [3.05, 3.63) is 63.9 Å². The van der Waals surface area contributed by atoms with Gasteiger partial charge in [-0.15, -0.1) is 0 Å². The van der Waals surface area contributed by atoms with Gasteiger partial charge in [0, 0.05) is 10.7 Å². The van der Waals surface area contributed by atoms with E-state index >= 15 is 0 Å². The van der Waals surface area contributed by atoms with Crippen LogP contribution in [0.15, 0.2) is 47.6 Å². The molecular formula is C15H11Cl2FN2O2. The lowest BCUT2D eigenvalue weighted by Crippen LogP contribution is -2.17. The van der Waals surface area contributed by atoms with Crippen LogP contribution in [0.5, 0.6) is 0 Å². The average molecular weight is 341 g/mol. The molecule has 0 heterocycles. The van der Waals surface area contributed by atoms with Crippen molar-refractivity contribution in [1.82, 2.24) is 0 Å². The monoisotopic (exact) mass is 340 g/mol. The van der Waals surface area contributed by atoms with Crippen molar-refractivity contribution in [3.8, 4) is 0 Å². The number of oxime groups is 1. The lowest BCUT2D eigenvalue weighted by atomic mass is 10.2. The van der Waals surface area contributed by atoms with Crippen LogP contribution in [-0.4, -0.2) is 18.7 Å². The summed E-state index contributed by atoms with van der Waals surface area (Å²) in [6.45, 7) is -0.279. The summed E-state index contributed by atoms with van der Waals surface area (Å²) in [5.74, 6) is -0.987. The fraction of sp³-hybridized carbons (Fsp3) is 0.0667. The average Bonchev–Trinajstić information content (AvgIpc) is 2.49. The van der Waals surface area contributed by atoms with E-state index in [4.69, 9.17) is 28.0 Å². The summed E-state index contributed by atoms with van der Waals surface area (Å²) in [7, 11) is 0. The predicted molar refractivity (Wildman–Crippen MR) is 85.0 cm³/mol. The number of carbonyl (C=O) groups excluding carboxylic acids is 1. The first kappa shape index (κ1) is 16.3. The number of amides is 1. The third-order valence-corrected chi connectivity index (χ3v) is 3.09. The molecule has 0 fully saturated rings. The van der Waals surface area contributed by atoms with E-state index in [1.807, 2.05) is 0 Å². The molecule has 0 saturated carbocycles. The van der Waals surface area contributed by atoms with Crippen LogP contribution in [0.2, 0.25) is 10.0 Å². The number of halogens is 3. The molecule has 0 aliphatic rings. The van der Waals surface area contributed by atoms with Gasteiger partial charge in [0.25, 0.3) is 5.91 Å². The van der Waals surface area contributed by atoms with Gasteiger partial charge in [0.2, 0.25) is 0 Å². The zero-order valence-electron chi connectivity index (χ0n) is 11.2. The molecule has 0 spiro atoms. The molecule has 4 nitrogen and oxygen atoms in total. The molecule has 0 saturated heterocycles. The van der Waals surface area contributed by atoms with Crippen LogP contribution in [0.3, 0.4) is 0 Å². The van der Waals surface area contributed by atoms with Crippen LogP contribution >= 0.6 is 23.2 Å². The summed E-state index contributed by atoms with van der Waals surface area (Å²) < 4.78 is 13.0. The lowest BCUT2D eigenvalue weighted by Gasteiger charge is -2.05. The normalized spacial score (nSPS) is 10.7. The van der Waals surface area contributed by atoms with Crippen molar-refractivity contribution in [1.29, 1.82) is 0 Å². The van der Waals surface area contributed by atoms with Crippen molar-refractivity contribution in [2.45, 2.75) is 0 Å². The smallest absolute Gasteiger partial charge is 0.265 e. The molecule has 0 atom stereocenters. The van der Waals surface area contributed by atoms with Gasteiger partial charge in [-0.1, -0.05) is 40.5 Å². The second-order valence-corrected chi connectivity index (χ2v) is 5.08. The highest BCUT2D eigenvalue weighted by Gasteiger charge is 2.05. The second-order valence-electron chi connectivity index (χ2n) is 4.24. The van der Waals surface area contributed by atoms with Gasteiger partial charge in [-0.3, -0.25) is 4.79 Å². The third-order valence-electron chi connectivity index (χ3n) is 2.55. The summed E-state index contributed by atoms with van der Waals surface area (Å²) in [5, 5.41) is 6.73. The number of carbonyl (C=O) groups is 1. The van der Waals surface area contributed by atoms with Crippen molar-refractivity contribution in [2.75, 3.05) is 11.9 Å². The Labute approximate surface area is 136 Å². The summed E-state index contributed by atoms with van der Waals surface area (Å²) in [6.07, 6.45) is 1.46. The Bertz CT molecular complexity index is 690. The minimum absolute atomic E-state index is 0.0699. The molecule has 1 N–H and O–H groups in total. The SMILES string of the molecule is O=C(CO/N=C/c1ccc(Cl)cc1)Nc1ccc(F)c(Cl)c1. The number of anilines is 1. The molecule has 0 radical (unpaired) electrons. The Balaban J connectivity index is 1.80. The number of benzene rings is 2. The quantitative estimate of drug-likeness (QED) is 0.657. The number of rotatable bonds is 5. The minimum atomic E-state index is -0.552. The van der Waals surface area contributed by atoms with Gasteiger partial charge in [0.15, 0.2) is 6.61 Å². The first-order valence-electron chi connectivity index (χ1n) is 6.20. The fourth-order valence-electron chi connectivity index (χ4n) is 1.51. The van der Waals surface area contributed by atoms with E-state index in [1.165, 1.54) is 18.3 Å². The van der Waals surface area contributed by atoms with Crippen LogP contribution in [0.1, 0.15) is 5.56 Å². The van der Waals surface area contributed by atoms with E-state index in [2.05, 4.69) is 10.5 Å². The molecule has 22 heavy (non-hydrogen) atoms. The second kappa shape index (κ2) is 7.77. The van der Waals surface area contributed by atoms with Gasteiger partial charge >= 0.3 is 0 Å². The maximum absolute atomic E-state index is 13.0. The highest BCUT2D eigenvalue weighted by molar-refractivity contribution is 6.31. The first-order valence-corrected chi connectivity index (χ1v) is 6.96. The minimum Gasteiger partial charge on any atom is -0.386 e. The number of nitrogens with zero attached hydrogens (tertiary/aromatic N) is 1. The van der Waals surface area contributed by atoms with Crippen LogP contribution < -0.4 is 5.32 Å². The van der Waals surface area contributed by atoms with Crippen LogP contribution in [0, 0.1) is 5.82 Å². The standard InChI is InChI=1S/C15H11Cl2FN2O2/c16-11-3-1-10(2-4-11)8-19-22-9-15(21)20-12-5-6-14(18)13(17)7-12/h1-8H,9H2,(H,20,21)/b19-8+. The topological polar surface area (TPSA) is 50.7 Å². The number of hydrogen-bond donors (Lipinski definition) is 1. The maximum Gasteiger partial charge on any atom is 0.265 e. The molecule has 0 aliphatic heterocycles. The third kappa shape index (κ3) is 5.02. The summed E-state index contributed by atoms with van der Waals surface area (Å²) in [4.78, 5) is 16.5. The van der Waals surface area contributed by atoms with Crippen molar-refractivity contribution < 1.29 is 14.0 Å². The maximum atomic E-state index is 13.0. The molecule has 0 aliphatic carbocycles. The Morgan fingerprint density at radius 2 is 1.95 bits per heavy atom. The molecule has 1 amide bonds. The van der Waals surface area contributed by atoms with E-state index in [0.29, 0.717) is 10.7 Å². The lowest BCUT2D eigenvalue weighted by molar-refractivity contribution is -0.120. The highest BCUT2D eigenvalue weighted by atomic mass is 35.5. The van der Waals surface area contributed by atoms with Crippen molar-refractivity contribution in [3.63, 3.8) is 0 Å². The van der Waals surface area contributed by atoms with Gasteiger partial charge in [-0.2, -0.15) is 0 Å². The van der Waals surface area contributed by atoms with Gasteiger partial charge in [-0.05, 0) is 35.9 Å². The molecule has 114 valence electrons. The van der Waals surface area contributed by atoms with Crippen molar-refractivity contribution >= 4 is 41.0 Å². The number of nitrogens with one attached hydrogen (secondary N) is 1. The molecule has 0 aromatic heterocycles. The van der Waals surface area contributed by atoms with E-state index in [1.54, 1.807) is 24.3 Å². The van der Waals surface area contributed by atoms with Gasteiger partial charge in [0.05, 0.1) is 11.2 Å². The Kier molecular flexibility index (Phi) is 5.75. The zero-order chi connectivity index (χ0) is 15.9. The Morgan fingerprint density at radius 1 is 1.23 bits per heavy atom. The van der Waals surface area contributed by atoms with Crippen molar-refractivity contribution in [2.24, 2.45) is 5.16 Å². The Hall–Kier alpha value is -2.11. The summed E-state index contributed by atoms with van der Waals surface area (Å²) in [6, 6.07) is 10.8. The predicted octanol–water partition coefficient (Wildman–Crippen LogP) is 4.12. The number of hydrogen-bond acceptors (Lipinski definition) is 3. The highest BCUT2D eigenvalue weighted by Crippen LogP contribution is 2.19. The largest absolute Gasteiger partial charge is 0.386 e. The van der Waals surface area contributed by atoms with Crippen LogP contribution in [0.25, 0.3) is 0 Å². The van der Waals surface area contributed by atoms with Gasteiger partial charge < -0.3 is 10.2 Å². The van der Waals surface area contributed by atoms with E-state index in [-0.39, 0.29) is 11.6 Å². The molecule has 7 heteroatoms. The molecular weight excluding hydrogens is 330 g/mol. The molecule has 2 aromatic carbocycles.